The molecule has 0 bridgehead atoms. The Morgan fingerprint density at radius 2 is 2.04 bits per heavy atom. The van der Waals surface area contributed by atoms with Crippen molar-refractivity contribution in [1.29, 1.82) is 0 Å². The van der Waals surface area contributed by atoms with Crippen molar-refractivity contribution in [3.63, 3.8) is 0 Å². The Bertz CT molecular complexity index is 721. The molecule has 0 radical (unpaired) electrons. The monoisotopic (exact) mass is 330 g/mol. The quantitative estimate of drug-likeness (QED) is 0.826. The molecule has 1 N–H and O–H groups in total. The lowest BCUT2D eigenvalue weighted by Gasteiger charge is -2.09. The molecular weight excluding hydrogens is 307 g/mol. The molecule has 24 heavy (non-hydrogen) atoms. The Labute approximate surface area is 141 Å². The van der Waals surface area contributed by atoms with E-state index in [0.717, 1.165) is 49.2 Å². The van der Waals surface area contributed by atoms with E-state index in [1.807, 2.05) is 14.1 Å². The first kappa shape index (κ1) is 16.6. The van der Waals surface area contributed by atoms with Crippen LogP contribution in [-0.2, 0) is 12.8 Å². The molecule has 5 nitrogen and oxygen atoms in total. The maximum atomic E-state index is 13.1. The SMILES string of the molecule is CN(C)CCCNC(=O)c1nn(-c2ccc(F)cc2)c2c1CCC2. The summed E-state index contributed by atoms with van der Waals surface area (Å²) in [6.45, 7) is 1.57. The van der Waals surface area contributed by atoms with Crippen LogP contribution in [0.3, 0.4) is 0 Å². The van der Waals surface area contributed by atoms with Gasteiger partial charge in [-0.05, 0) is 70.6 Å². The highest BCUT2D eigenvalue weighted by Gasteiger charge is 2.26. The van der Waals surface area contributed by atoms with Gasteiger partial charge in [0.15, 0.2) is 5.69 Å². The van der Waals surface area contributed by atoms with E-state index in [2.05, 4.69) is 15.3 Å². The molecular formula is C18H23FN4O. The highest BCUT2D eigenvalue weighted by Crippen LogP contribution is 2.27. The van der Waals surface area contributed by atoms with Gasteiger partial charge >= 0.3 is 0 Å². The van der Waals surface area contributed by atoms with Gasteiger partial charge in [0.2, 0.25) is 0 Å². The fraction of sp³-hybridized carbons (Fsp3) is 0.444. The van der Waals surface area contributed by atoms with E-state index < -0.39 is 0 Å². The zero-order valence-electron chi connectivity index (χ0n) is 14.2. The Morgan fingerprint density at radius 1 is 1.29 bits per heavy atom. The summed E-state index contributed by atoms with van der Waals surface area (Å²) in [7, 11) is 4.03. The van der Waals surface area contributed by atoms with Crippen molar-refractivity contribution < 1.29 is 9.18 Å². The number of halogens is 1. The number of rotatable bonds is 6. The molecule has 0 unspecified atom stereocenters. The van der Waals surface area contributed by atoms with Crippen molar-refractivity contribution in [2.75, 3.05) is 27.2 Å². The van der Waals surface area contributed by atoms with Gasteiger partial charge < -0.3 is 10.2 Å². The number of nitrogens with zero attached hydrogens (tertiary/aromatic N) is 3. The Hall–Kier alpha value is -2.21. The van der Waals surface area contributed by atoms with Crippen molar-refractivity contribution in [3.05, 3.63) is 47.0 Å². The van der Waals surface area contributed by atoms with Crippen LogP contribution >= 0.6 is 0 Å². The normalized spacial score (nSPS) is 13.3. The van der Waals surface area contributed by atoms with E-state index in [9.17, 15) is 9.18 Å². The molecule has 6 heteroatoms. The molecule has 0 atom stereocenters. The van der Waals surface area contributed by atoms with E-state index in [-0.39, 0.29) is 11.7 Å². The summed E-state index contributed by atoms with van der Waals surface area (Å²) in [5.74, 6) is -0.394. The standard InChI is InChI=1S/C18H23FN4O/c1-22(2)12-4-11-20-18(24)17-15-5-3-6-16(15)23(21-17)14-9-7-13(19)8-10-14/h7-10H,3-6,11-12H2,1-2H3,(H,20,24). The van der Waals surface area contributed by atoms with Crippen molar-refractivity contribution in [2.24, 2.45) is 0 Å². The van der Waals surface area contributed by atoms with Crippen LogP contribution in [0.5, 0.6) is 0 Å². The smallest absolute Gasteiger partial charge is 0.272 e. The third-order valence-electron chi connectivity index (χ3n) is 4.28. The number of fused-ring (bicyclic) bond motifs is 1. The Kier molecular flexibility index (Phi) is 4.94. The van der Waals surface area contributed by atoms with Gasteiger partial charge in [0, 0.05) is 17.8 Å². The minimum absolute atomic E-state index is 0.118. The van der Waals surface area contributed by atoms with Crippen LogP contribution < -0.4 is 5.32 Å². The fourth-order valence-electron chi connectivity index (χ4n) is 3.10. The van der Waals surface area contributed by atoms with E-state index in [1.54, 1.807) is 16.8 Å². The molecule has 1 aliphatic rings. The molecule has 0 fully saturated rings. The highest BCUT2D eigenvalue weighted by molar-refractivity contribution is 5.94. The van der Waals surface area contributed by atoms with Crippen molar-refractivity contribution in [3.8, 4) is 5.69 Å². The molecule has 1 amide bonds. The predicted octanol–water partition coefficient (Wildman–Crippen LogP) is 2.18. The van der Waals surface area contributed by atoms with Crippen LogP contribution in [0.1, 0.15) is 34.6 Å². The third-order valence-corrected chi connectivity index (χ3v) is 4.28. The summed E-state index contributed by atoms with van der Waals surface area (Å²) in [6.07, 6.45) is 3.69. The van der Waals surface area contributed by atoms with Gasteiger partial charge in [-0.1, -0.05) is 0 Å². The van der Waals surface area contributed by atoms with E-state index >= 15 is 0 Å². The lowest BCUT2D eigenvalue weighted by atomic mass is 10.2. The zero-order chi connectivity index (χ0) is 17.1. The second kappa shape index (κ2) is 7.13. The Morgan fingerprint density at radius 3 is 2.75 bits per heavy atom. The first-order valence-corrected chi connectivity index (χ1v) is 8.36. The number of benzene rings is 1. The second-order valence-electron chi connectivity index (χ2n) is 6.43. The molecule has 1 aliphatic carbocycles. The molecule has 1 aromatic heterocycles. The Balaban J connectivity index is 1.78. The van der Waals surface area contributed by atoms with Gasteiger partial charge in [0.1, 0.15) is 5.82 Å². The van der Waals surface area contributed by atoms with Gasteiger partial charge in [-0.2, -0.15) is 5.10 Å². The minimum atomic E-state index is -0.276. The molecule has 128 valence electrons. The topological polar surface area (TPSA) is 50.2 Å². The van der Waals surface area contributed by atoms with Crippen LogP contribution in [0, 0.1) is 5.82 Å². The number of nitrogens with one attached hydrogen (secondary N) is 1. The molecule has 2 aromatic rings. The number of amides is 1. The van der Waals surface area contributed by atoms with Gasteiger partial charge in [-0.25, -0.2) is 9.07 Å². The van der Waals surface area contributed by atoms with E-state index in [1.165, 1.54) is 12.1 Å². The molecule has 0 aliphatic heterocycles. The lowest BCUT2D eigenvalue weighted by Crippen LogP contribution is -2.28. The van der Waals surface area contributed by atoms with Crippen LogP contribution in [0.15, 0.2) is 24.3 Å². The maximum Gasteiger partial charge on any atom is 0.272 e. The van der Waals surface area contributed by atoms with Crippen LogP contribution in [0.2, 0.25) is 0 Å². The first-order chi connectivity index (χ1) is 11.6. The largest absolute Gasteiger partial charge is 0.351 e. The van der Waals surface area contributed by atoms with Gasteiger partial charge in [0.25, 0.3) is 5.91 Å². The number of carbonyl (C=O) groups is 1. The number of aromatic nitrogens is 2. The minimum Gasteiger partial charge on any atom is -0.351 e. The second-order valence-corrected chi connectivity index (χ2v) is 6.43. The van der Waals surface area contributed by atoms with E-state index in [0.29, 0.717) is 12.2 Å². The zero-order valence-corrected chi connectivity index (χ0v) is 14.2. The van der Waals surface area contributed by atoms with Gasteiger partial charge in [-0.15, -0.1) is 0 Å². The van der Waals surface area contributed by atoms with Crippen molar-refractivity contribution in [2.45, 2.75) is 25.7 Å². The van der Waals surface area contributed by atoms with Crippen LogP contribution in [0.25, 0.3) is 5.69 Å². The summed E-state index contributed by atoms with van der Waals surface area (Å²) < 4.78 is 14.9. The fourth-order valence-corrected chi connectivity index (χ4v) is 3.10. The van der Waals surface area contributed by atoms with Gasteiger partial charge in [0.05, 0.1) is 5.69 Å². The molecule has 3 rings (SSSR count). The molecule has 0 saturated carbocycles. The summed E-state index contributed by atoms with van der Waals surface area (Å²) in [5.41, 5.74) is 3.40. The average molecular weight is 330 g/mol. The van der Waals surface area contributed by atoms with Crippen LogP contribution in [-0.4, -0.2) is 47.8 Å². The number of carbonyl (C=O) groups excluding carboxylic acids is 1. The first-order valence-electron chi connectivity index (χ1n) is 8.36. The number of hydrogen-bond acceptors (Lipinski definition) is 3. The molecule has 0 spiro atoms. The molecule has 1 heterocycles. The summed E-state index contributed by atoms with van der Waals surface area (Å²) >= 11 is 0. The maximum absolute atomic E-state index is 13.1. The van der Waals surface area contributed by atoms with E-state index in [4.69, 9.17) is 0 Å². The lowest BCUT2D eigenvalue weighted by molar-refractivity contribution is 0.0946. The highest BCUT2D eigenvalue weighted by atomic mass is 19.1. The predicted molar refractivity (Wildman–Crippen MR) is 91.1 cm³/mol. The van der Waals surface area contributed by atoms with Crippen molar-refractivity contribution in [1.82, 2.24) is 20.0 Å². The van der Waals surface area contributed by atoms with Gasteiger partial charge in [-0.3, -0.25) is 4.79 Å². The third kappa shape index (κ3) is 3.48. The summed E-state index contributed by atoms with van der Waals surface area (Å²) in [4.78, 5) is 14.6. The summed E-state index contributed by atoms with van der Waals surface area (Å²) in [5, 5.41) is 7.47. The summed E-state index contributed by atoms with van der Waals surface area (Å²) in [6, 6.07) is 6.22. The number of hydrogen-bond donors (Lipinski definition) is 1. The average Bonchev–Trinajstić information content (AvgIpc) is 3.14. The van der Waals surface area contributed by atoms with Crippen LogP contribution in [0.4, 0.5) is 4.39 Å². The molecule has 0 saturated heterocycles. The molecule has 1 aromatic carbocycles. The van der Waals surface area contributed by atoms with Crippen molar-refractivity contribution >= 4 is 5.91 Å².